The average Bonchev–Trinajstić information content (AvgIpc) is 3.24. The predicted octanol–water partition coefficient (Wildman–Crippen LogP) is 5.27. The molecule has 36 heavy (non-hydrogen) atoms. The number of aryl methyl sites for hydroxylation is 1. The number of carboxylic acid groups (broad SMARTS) is 1. The van der Waals surface area contributed by atoms with Gasteiger partial charge in [-0.1, -0.05) is 42.5 Å². The van der Waals surface area contributed by atoms with Crippen LogP contribution < -0.4 is 4.74 Å². The topological polar surface area (TPSA) is 86.5 Å². The second kappa shape index (κ2) is 11.0. The van der Waals surface area contributed by atoms with E-state index in [0.29, 0.717) is 6.61 Å². The standard InChI is InChI=1S/C29H27N3O4/c33-29(34)26(36-20-22-7-2-1-3-8-22)19-21-11-13-23(14-12-21)35-18-6-17-32-27-24(9-4-15-30-27)25-10-5-16-31-28(25)32/h1-5,7-16,26H,6,17-20H2,(H,33,34). The van der Waals surface area contributed by atoms with Gasteiger partial charge in [0.15, 0.2) is 6.10 Å². The third-order valence-electron chi connectivity index (χ3n) is 6.08. The average molecular weight is 482 g/mol. The van der Waals surface area contributed by atoms with Crippen molar-refractivity contribution in [1.29, 1.82) is 0 Å². The van der Waals surface area contributed by atoms with Gasteiger partial charge in [-0.15, -0.1) is 0 Å². The minimum absolute atomic E-state index is 0.260. The van der Waals surface area contributed by atoms with Gasteiger partial charge in [0.05, 0.1) is 13.2 Å². The Kier molecular flexibility index (Phi) is 7.19. The first-order valence-corrected chi connectivity index (χ1v) is 12.0. The maximum atomic E-state index is 11.7. The van der Waals surface area contributed by atoms with E-state index in [-0.39, 0.29) is 13.0 Å². The summed E-state index contributed by atoms with van der Waals surface area (Å²) in [7, 11) is 0. The van der Waals surface area contributed by atoms with Crippen molar-refractivity contribution in [2.24, 2.45) is 0 Å². The first kappa shape index (κ1) is 23.5. The number of fused-ring (bicyclic) bond motifs is 3. The largest absolute Gasteiger partial charge is 0.494 e. The number of aromatic nitrogens is 3. The molecule has 182 valence electrons. The van der Waals surface area contributed by atoms with Crippen LogP contribution in [0.3, 0.4) is 0 Å². The summed E-state index contributed by atoms with van der Waals surface area (Å²) in [6, 6.07) is 25.1. The molecule has 0 fully saturated rings. The van der Waals surface area contributed by atoms with Gasteiger partial charge in [0.25, 0.3) is 0 Å². The fourth-order valence-corrected chi connectivity index (χ4v) is 4.29. The lowest BCUT2D eigenvalue weighted by Gasteiger charge is -2.14. The van der Waals surface area contributed by atoms with Crippen molar-refractivity contribution in [3.05, 3.63) is 102 Å². The van der Waals surface area contributed by atoms with Crippen molar-refractivity contribution in [2.75, 3.05) is 6.61 Å². The molecule has 7 heteroatoms. The minimum Gasteiger partial charge on any atom is -0.494 e. The Balaban J connectivity index is 1.15. The van der Waals surface area contributed by atoms with Crippen LogP contribution in [0.5, 0.6) is 5.75 Å². The van der Waals surface area contributed by atoms with E-state index in [1.165, 1.54) is 0 Å². The highest BCUT2D eigenvalue weighted by atomic mass is 16.5. The molecule has 1 unspecified atom stereocenters. The zero-order chi connectivity index (χ0) is 24.7. The van der Waals surface area contributed by atoms with E-state index in [4.69, 9.17) is 9.47 Å². The summed E-state index contributed by atoms with van der Waals surface area (Å²) < 4.78 is 13.7. The molecule has 3 aromatic heterocycles. The summed E-state index contributed by atoms with van der Waals surface area (Å²) in [6.45, 7) is 1.54. The fourth-order valence-electron chi connectivity index (χ4n) is 4.29. The summed E-state index contributed by atoms with van der Waals surface area (Å²) in [5.74, 6) is -0.227. The van der Waals surface area contributed by atoms with Crippen LogP contribution in [0.1, 0.15) is 17.5 Å². The zero-order valence-electron chi connectivity index (χ0n) is 19.8. The maximum absolute atomic E-state index is 11.7. The number of hydrogen-bond acceptors (Lipinski definition) is 5. The summed E-state index contributed by atoms with van der Waals surface area (Å²) in [5.41, 5.74) is 3.68. The molecule has 0 aliphatic heterocycles. The van der Waals surface area contributed by atoms with Crippen LogP contribution in [-0.4, -0.2) is 38.3 Å². The number of aliphatic carboxylic acids is 1. The second-order valence-electron chi connectivity index (χ2n) is 8.57. The molecule has 1 N–H and O–H groups in total. The molecule has 5 rings (SSSR count). The molecule has 7 nitrogen and oxygen atoms in total. The van der Waals surface area contributed by atoms with Crippen LogP contribution in [0.15, 0.2) is 91.3 Å². The minimum atomic E-state index is -0.972. The molecule has 0 bridgehead atoms. The molecule has 3 heterocycles. The van der Waals surface area contributed by atoms with E-state index < -0.39 is 12.1 Å². The number of ether oxygens (including phenoxy) is 2. The Labute approximate surface area is 209 Å². The third-order valence-corrected chi connectivity index (χ3v) is 6.08. The van der Waals surface area contributed by atoms with Crippen LogP contribution in [0.2, 0.25) is 0 Å². The van der Waals surface area contributed by atoms with E-state index >= 15 is 0 Å². The molecule has 0 amide bonds. The molecule has 0 aliphatic rings. The highest BCUT2D eigenvalue weighted by molar-refractivity contribution is 6.04. The van der Waals surface area contributed by atoms with Crippen LogP contribution in [0.25, 0.3) is 22.1 Å². The molecule has 1 atom stereocenters. The molecule has 0 radical (unpaired) electrons. The molecule has 0 saturated carbocycles. The Morgan fingerprint density at radius 2 is 1.50 bits per heavy atom. The molecule has 0 spiro atoms. The number of pyridine rings is 2. The number of nitrogens with zero attached hydrogens (tertiary/aromatic N) is 3. The predicted molar refractivity (Wildman–Crippen MR) is 138 cm³/mol. The van der Waals surface area contributed by atoms with Crippen LogP contribution in [0.4, 0.5) is 0 Å². The zero-order valence-corrected chi connectivity index (χ0v) is 19.8. The summed E-state index contributed by atoms with van der Waals surface area (Å²) in [4.78, 5) is 20.8. The maximum Gasteiger partial charge on any atom is 0.333 e. The highest BCUT2D eigenvalue weighted by Crippen LogP contribution is 2.26. The number of carbonyl (C=O) groups is 1. The Bertz CT molecular complexity index is 1400. The lowest BCUT2D eigenvalue weighted by Crippen LogP contribution is -2.26. The van der Waals surface area contributed by atoms with E-state index in [1.807, 2.05) is 66.7 Å². The number of benzene rings is 2. The van der Waals surface area contributed by atoms with Crippen molar-refractivity contribution in [2.45, 2.75) is 32.1 Å². The van der Waals surface area contributed by atoms with Crippen LogP contribution in [0, 0.1) is 0 Å². The number of carboxylic acids is 1. The van der Waals surface area contributed by atoms with E-state index in [0.717, 1.165) is 51.9 Å². The Hall–Kier alpha value is -4.23. The molecule has 2 aromatic carbocycles. The van der Waals surface area contributed by atoms with Gasteiger partial charge in [0.2, 0.25) is 0 Å². The van der Waals surface area contributed by atoms with Crippen molar-refractivity contribution >= 4 is 28.0 Å². The van der Waals surface area contributed by atoms with E-state index in [1.54, 1.807) is 12.4 Å². The fraction of sp³-hybridized carbons (Fsp3) is 0.207. The summed E-state index contributed by atoms with van der Waals surface area (Å²) in [6.07, 6.45) is 3.78. The van der Waals surface area contributed by atoms with Gasteiger partial charge in [0, 0.05) is 36.1 Å². The lowest BCUT2D eigenvalue weighted by molar-refractivity contribution is -0.151. The van der Waals surface area contributed by atoms with Gasteiger partial charge in [-0.05, 0) is 53.9 Å². The third kappa shape index (κ3) is 5.37. The highest BCUT2D eigenvalue weighted by Gasteiger charge is 2.19. The van der Waals surface area contributed by atoms with Gasteiger partial charge in [-0.3, -0.25) is 0 Å². The number of rotatable bonds is 11. The molecule has 0 saturated heterocycles. The smallest absolute Gasteiger partial charge is 0.333 e. The molecular weight excluding hydrogens is 454 g/mol. The van der Waals surface area contributed by atoms with Gasteiger partial charge < -0.3 is 19.1 Å². The Morgan fingerprint density at radius 1 is 0.833 bits per heavy atom. The number of hydrogen-bond donors (Lipinski definition) is 1. The first-order valence-electron chi connectivity index (χ1n) is 12.0. The summed E-state index contributed by atoms with van der Waals surface area (Å²) in [5, 5.41) is 11.8. The quantitative estimate of drug-likeness (QED) is 0.259. The van der Waals surface area contributed by atoms with Gasteiger partial charge in [0.1, 0.15) is 17.0 Å². The SMILES string of the molecule is O=C(O)C(Cc1ccc(OCCCn2c3ncccc3c3cccnc32)cc1)OCc1ccccc1. The van der Waals surface area contributed by atoms with Crippen molar-refractivity contribution in [3.63, 3.8) is 0 Å². The second-order valence-corrected chi connectivity index (χ2v) is 8.57. The lowest BCUT2D eigenvalue weighted by atomic mass is 10.1. The van der Waals surface area contributed by atoms with Crippen molar-refractivity contribution in [1.82, 2.24) is 14.5 Å². The molecule has 5 aromatic rings. The summed E-state index contributed by atoms with van der Waals surface area (Å²) >= 11 is 0. The monoisotopic (exact) mass is 481 g/mol. The van der Waals surface area contributed by atoms with Gasteiger partial charge in [-0.2, -0.15) is 0 Å². The van der Waals surface area contributed by atoms with Crippen LogP contribution in [-0.2, 0) is 29.1 Å². The molecular formula is C29H27N3O4. The van der Waals surface area contributed by atoms with Gasteiger partial charge in [-0.25, -0.2) is 14.8 Å². The first-order chi connectivity index (χ1) is 17.7. The van der Waals surface area contributed by atoms with Crippen molar-refractivity contribution in [3.8, 4) is 5.75 Å². The normalized spacial score (nSPS) is 12.1. The molecule has 0 aliphatic carbocycles. The van der Waals surface area contributed by atoms with Gasteiger partial charge >= 0.3 is 5.97 Å². The Morgan fingerprint density at radius 3 is 2.14 bits per heavy atom. The van der Waals surface area contributed by atoms with Crippen LogP contribution >= 0.6 is 0 Å². The van der Waals surface area contributed by atoms with E-state index in [9.17, 15) is 9.90 Å². The van der Waals surface area contributed by atoms with Crippen molar-refractivity contribution < 1.29 is 19.4 Å². The van der Waals surface area contributed by atoms with E-state index in [2.05, 4.69) is 26.7 Å².